The summed E-state index contributed by atoms with van der Waals surface area (Å²) in [6.07, 6.45) is 1.14. The van der Waals surface area contributed by atoms with Gasteiger partial charge in [-0.15, -0.1) is 0 Å². The summed E-state index contributed by atoms with van der Waals surface area (Å²) >= 11 is 0. The van der Waals surface area contributed by atoms with Crippen LogP contribution in [0.25, 0.3) is 0 Å². The summed E-state index contributed by atoms with van der Waals surface area (Å²) in [6.45, 7) is 6.41. The van der Waals surface area contributed by atoms with Gasteiger partial charge in [0.15, 0.2) is 6.29 Å². The lowest BCUT2D eigenvalue weighted by molar-refractivity contribution is -0.226. The number of aliphatic hydroxyl groups is 1. The van der Waals surface area contributed by atoms with E-state index < -0.39 is 0 Å². The van der Waals surface area contributed by atoms with Crippen molar-refractivity contribution in [3.05, 3.63) is 0 Å². The first kappa shape index (κ1) is 9.96. The fourth-order valence-corrected chi connectivity index (χ4v) is 1.20. The van der Waals surface area contributed by atoms with E-state index in [1.807, 2.05) is 20.8 Å². The highest BCUT2D eigenvalue weighted by Crippen LogP contribution is 2.20. The van der Waals surface area contributed by atoms with E-state index in [0.29, 0.717) is 6.61 Å². The van der Waals surface area contributed by atoms with Crippen LogP contribution in [0.2, 0.25) is 0 Å². The normalized spacial score (nSPS) is 32.0. The molecule has 1 rings (SSSR count). The third kappa shape index (κ3) is 3.52. The van der Waals surface area contributed by atoms with E-state index in [9.17, 15) is 0 Å². The van der Waals surface area contributed by atoms with Crippen LogP contribution in [0.3, 0.4) is 0 Å². The average Bonchev–Trinajstić information content (AvgIpc) is 1.91. The van der Waals surface area contributed by atoms with E-state index in [2.05, 4.69) is 0 Å². The van der Waals surface area contributed by atoms with Gasteiger partial charge in [-0.2, -0.15) is 0 Å². The van der Waals surface area contributed by atoms with Crippen LogP contribution in [0, 0.1) is 0 Å². The van der Waals surface area contributed by atoms with Gasteiger partial charge < -0.3 is 14.6 Å². The summed E-state index contributed by atoms with van der Waals surface area (Å²) < 4.78 is 10.9. The summed E-state index contributed by atoms with van der Waals surface area (Å²) in [5, 5.41) is 9.14. The van der Waals surface area contributed by atoms with Crippen LogP contribution in [-0.2, 0) is 9.47 Å². The van der Waals surface area contributed by atoms with Crippen molar-refractivity contribution in [2.45, 2.75) is 51.6 Å². The molecule has 12 heavy (non-hydrogen) atoms. The van der Waals surface area contributed by atoms with Crippen molar-refractivity contribution in [3.8, 4) is 0 Å². The van der Waals surface area contributed by atoms with E-state index in [1.54, 1.807) is 0 Å². The van der Waals surface area contributed by atoms with Crippen molar-refractivity contribution in [1.82, 2.24) is 0 Å². The lowest BCUT2D eigenvalue weighted by Crippen LogP contribution is -2.36. The highest BCUT2D eigenvalue weighted by Gasteiger charge is 2.24. The predicted octanol–water partition coefficient (Wildman–Crippen LogP) is 1.30. The smallest absolute Gasteiger partial charge is 0.158 e. The minimum atomic E-state index is -0.301. The van der Waals surface area contributed by atoms with Crippen LogP contribution in [0.4, 0.5) is 0 Å². The first-order chi connectivity index (χ1) is 5.47. The molecule has 0 radical (unpaired) electrons. The highest BCUT2D eigenvalue weighted by atomic mass is 16.7. The molecule has 1 saturated heterocycles. The molecule has 1 aliphatic heterocycles. The maximum Gasteiger partial charge on any atom is 0.158 e. The minimum Gasteiger partial charge on any atom is -0.391 e. The zero-order chi connectivity index (χ0) is 9.19. The van der Waals surface area contributed by atoms with Crippen LogP contribution in [-0.4, -0.2) is 29.7 Å². The number of rotatable bonds is 1. The van der Waals surface area contributed by atoms with E-state index in [1.165, 1.54) is 0 Å². The molecule has 0 spiro atoms. The number of aliphatic hydroxyl groups excluding tert-OH is 1. The lowest BCUT2D eigenvalue weighted by atomic mass is 10.1. The van der Waals surface area contributed by atoms with Crippen LogP contribution in [0.1, 0.15) is 33.6 Å². The molecular weight excluding hydrogens is 156 g/mol. The van der Waals surface area contributed by atoms with Crippen LogP contribution in [0.15, 0.2) is 0 Å². The summed E-state index contributed by atoms with van der Waals surface area (Å²) in [5.41, 5.74) is -0.160. The van der Waals surface area contributed by atoms with Crippen molar-refractivity contribution < 1.29 is 14.6 Å². The zero-order valence-electron chi connectivity index (χ0n) is 8.04. The van der Waals surface area contributed by atoms with Crippen LogP contribution in [0.5, 0.6) is 0 Å². The van der Waals surface area contributed by atoms with Gasteiger partial charge in [-0.05, 0) is 27.2 Å². The monoisotopic (exact) mass is 174 g/mol. The summed E-state index contributed by atoms with van der Waals surface area (Å²) in [4.78, 5) is 0. The second kappa shape index (κ2) is 3.73. The quantitative estimate of drug-likeness (QED) is 0.651. The van der Waals surface area contributed by atoms with Crippen LogP contribution < -0.4 is 0 Å². The number of ether oxygens (including phenoxy) is 2. The maximum atomic E-state index is 9.14. The van der Waals surface area contributed by atoms with Gasteiger partial charge in [0.05, 0.1) is 18.3 Å². The zero-order valence-corrected chi connectivity index (χ0v) is 8.04. The van der Waals surface area contributed by atoms with Crippen molar-refractivity contribution in [3.63, 3.8) is 0 Å². The van der Waals surface area contributed by atoms with Gasteiger partial charge in [0.1, 0.15) is 0 Å². The molecule has 0 saturated carbocycles. The Bertz CT molecular complexity index is 131. The second-order valence-electron chi connectivity index (χ2n) is 4.22. The fraction of sp³-hybridized carbons (Fsp3) is 1.00. The molecule has 0 aromatic heterocycles. The first-order valence-corrected chi connectivity index (χ1v) is 4.45. The summed E-state index contributed by atoms with van der Waals surface area (Å²) in [6, 6.07) is 0. The summed E-state index contributed by atoms with van der Waals surface area (Å²) in [7, 11) is 0. The van der Waals surface area contributed by atoms with Crippen molar-refractivity contribution in [2.24, 2.45) is 0 Å². The molecule has 0 aromatic rings. The molecule has 3 nitrogen and oxygen atoms in total. The van der Waals surface area contributed by atoms with Crippen molar-refractivity contribution in [1.29, 1.82) is 0 Å². The Balaban J connectivity index is 2.26. The molecule has 2 atom stereocenters. The molecule has 1 aliphatic rings. The number of hydrogen-bond donors (Lipinski definition) is 1. The second-order valence-corrected chi connectivity index (χ2v) is 4.22. The third-order valence-corrected chi connectivity index (χ3v) is 1.70. The highest BCUT2D eigenvalue weighted by molar-refractivity contribution is 4.67. The maximum absolute atomic E-state index is 9.14. The van der Waals surface area contributed by atoms with Gasteiger partial charge in [0.25, 0.3) is 0 Å². The van der Waals surface area contributed by atoms with E-state index in [-0.39, 0.29) is 18.0 Å². The van der Waals surface area contributed by atoms with E-state index >= 15 is 0 Å². The third-order valence-electron chi connectivity index (χ3n) is 1.70. The molecule has 0 amide bonds. The molecule has 0 bridgehead atoms. The predicted molar refractivity (Wildman–Crippen MR) is 45.8 cm³/mol. The SMILES string of the molecule is CC(C)(C)OC1CC[C@@H](O)CO1. The molecule has 1 unspecified atom stereocenters. The van der Waals surface area contributed by atoms with Gasteiger partial charge in [-0.25, -0.2) is 0 Å². The van der Waals surface area contributed by atoms with Crippen molar-refractivity contribution in [2.75, 3.05) is 6.61 Å². The largest absolute Gasteiger partial charge is 0.391 e. The Morgan fingerprint density at radius 1 is 1.33 bits per heavy atom. The Morgan fingerprint density at radius 3 is 2.42 bits per heavy atom. The van der Waals surface area contributed by atoms with Gasteiger partial charge in [-0.1, -0.05) is 0 Å². The molecular formula is C9H18O3. The lowest BCUT2D eigenvalue weighted by Gasteiger charge is -2.31. The standard InChI is InChI=1S/C9H18O3/c1-9(2,3)12-8-5-4-7(10)6-11-8/h7-8,10H,4-6H2,1-3H3/t7-,8?/m1/s1. The molecule has 0 aliphatic carbocycles. The molecule has 1 N–H and O–H groups in total. The van der Waals surface area contributed by atoms with Gasteiger partial charge in [0, 0.05) is 6.42 Å². The number of hydrogen-bond acceptors (Lipinski definition) is 3. The Hall–Kier alpha value is -0.120. The molecule has 3 heteroatoms. The van der Waals surface area contributed by atoms with Gasteiger partial charge >= 0.3 is 0 Å². The molecule has 0 aromatic carbocycles. The Kier molecular flexibility index (Phi) is 3.09. The van der Waals surface area contributed by atoms with Crippen molar-refractivity contribution >= 4 is 0 Å². The fourth-order valence-electron chi connectivity index (χ4n) is 1.20. The summed E-state index contributed by atoms with van der Waals surface area (Å²) in [5.74, 6) is 0. The van der Waals surface area contributed by atoms with E-state index in [0.717, 1.165) is 12.8 Å². The molecule has 1 heterocycles. The van der Waals surface area contributed by atoms with E-state index in [4.69, 9.17) is 14.6 Å². The topological polar surface area (TPSA) is 38.7 Å². The molecule has 72 valence electrons. The first-order valence-electron chi connectivity index (χ1n) is 4.45. The molecule has 1 fully saturated rings. The Morgan fingerprint density at radius 2 is 2.00 bits per heavy atom. The Labute approximate surface area is 73.7 Å². The minimum absolute atomic E-state index is 0.131. The van der Waals surface area contributed by atoms with Gasteiger partial charge in [-0.3, -0.25) is 0 Å². The van der Waals surface area contributed by atoms with Crippen LogP contribution >= 0.6 is 0 Å². The van der Waals surface area contributed by atoms with Gasteiger partial charge in [0.2, 0.25) is 0 Å². The average molecular weight is 174 g/mol.